The first-order valence-corrected chi connectivity index (χ1v) is 10.7. The molecule has 0 spiro atoms. The molecular weight excluding hydrogens is 392 g/mol. The molecule has 1 aliphatic rings. The van der Waals surface area contributed by atoms with E-state index in [0.29, 0.717) is 28.9 Å². The average Bonchev–Trinajstić information content (AvgIpc) is 3.22. The number of nitrogens with zero attached hydrogens (tertiary/aromatic N) is 4. The number of ether oxygens (including phenoxy) is 1. The Morgan fingerprint density at radius 3 is 2.93 bits per heavy atom. The highest BCUT2D eigenvalue weighted by Crippen LogP contribution is 2.44. The smallest absolute Gasteiger partial charge is 0.247 e. The summed E-state index contributed by atoms with van der Waals surface area (Å²) < 4.78 is 6.30. The number of hydrogen-bond donors (Lipinski definition) is 0. The quantitative estimate of drug-likeness (QED) is 0.448. The van der Waals surface area contributed by atoms with Crippen LogP contribution in [0.25, 0.3) is 11.3 Å². The van der Waals surface area contributed by atoms with E-state index in [1.165, 1.54) is 23.1 Å². The number of thiophene rings is 1. The van der Waals surface area contributed by atoms with Gasteiger partial charge in [0.15, 0.2) is 5.69 Å². The van der Waals surface area contributed by atoms with Gasteiger partial charge in [0.25, 0.3) is 0 Å². The van der Waals surface area contributed by atoms with Gasteiger partial charge in [0.1, 0.15) is 0 Å². The number of fused-ring (bicyclic) bond motifs is 3. The molecule has 3 aromatic rings. The molecule has 0 fully saturated rings. The molecule has 8 heteroatoms. The predicted molar refractivity (Wildman–Crippen MR) is 112 cm³/mol. The zero-order chi connectivity index (χ0) is 19.5. The van der Waals surface area contributed by atoms with Crippen LogP contribution in [0.2, 0.25) is 0 Å². The van der Waals surface area contributed by atoms with Gasteiger partial charge in [-0.25, -0.2) is 0 Å². The minimum Gasteiger partial charge on any atom is -0.446 e. The summed E-state index contributed by atoms with van der Waals surface area (Å²) in [4.78, 5) is 20.1. The van der Waals surface area contributed by atoms with Crippen LogP contribution in [0.5, 0.6) is 5.88 Å². The van der Waals surface area contributed by atoms with Gasteiger partial charge in [-0.2, -0.15) is 4.98 Å². The number of rotatable bonds is 5. The van der Waals surface area contributed by atoms with E-state index >= 15 is 0 Å². The molecule has 0 radical (unpaired) electrons. The Morgan fingerprint density at radius 1 is 1.32 bits per heavy atom. The van der Waals surface area contributed by atoms with Crippen molar-refractivity contribution in [3.05, 3.63) is 59.3 Å². The van der Waals surface area contributed by atoms with Crippen LogP contribution in [0.4, 0.5) is 5.69 Å². The van der Waals surface area contributed by atoms with Crippen molar-refractivity contribution in [2.24, 2.45) is 0 Å². The maximum Gasteiger partial charge on any atom is 0.247 e. The summed E-state index contributed by atoms with van der Waals surface area (Å²) in [5.74, 6) is 1.01. The van der Waals surface area contributed by atoms with Gasteiger partial charge >= 0.3 is 0 Å². The van der Waals surface area contributed by atoms with Crippen molar-refractivity contribution in [3.8, 4) is 17.1 Å². The van der Waals surface area contributed by atoms with Gasteiger partial charge < -0.3 is 4.74 Å². The second-order valence-electron chi connectivity index (χ2n) is 5.97. The van der Waals surface area contributed by atoms with Gasteiger partial charge in [-0.15, -0.1) is 28.1 Å². The summed E-state index contributed by atoms with van der Waals surface area (Å²) >= 11 is 2.97. The molecule has 3 heterocycles. The van der Waals surface area contributed by atoms with Crippen molar-refractivity contribution in [3.63, 3.8) is 0 Å². The first kappa shape index (κ1) is 18.6. The van der Waals surface area contributed by atoms with E-state index in [-0.39, 0.29) is 5.91 Å². The number of aromatic nitrogens is 3. The van der Waals surface area contributed by atoms with E-state index in [0.717, 1.165) is 16.1 Å². The van der Waals surface area contributed by atoms with Crippen LogP contribution in [0, 0.1) is 0 Å². The first-order valence-electron chi connectivity index (χ1n) is 8.82. The third kappa shape index (κ3) is 3.41. The van der Waals surface area contributed by atoms with E-state index in [1.54, 1.807) is 11.0 Å². The van der Waals surface area contributed by atoms with Crippen molar-refractivity contribution in [2.75, 3.05) is 10.7 Å². The molecule has 1 aliphatic heterocycles. The lowest BCUT2D eigenvalue weighted by molar-refractivity contribution is -0.120. The number of carbonyl (C=O) groups is 1. The largest absolute Gasteiger partial charge is 0.446 e. The van der Waals surface area contributed by atoms with Crippen LogP contribution < -0.4 is 9.64 Å². The number of para-hydroxylation sites is 1. The molecular formula is C20H18N4O2S2. The van der Waals surface area contributed by atoms with Gasteiger partial charge in [0, 0.05) is 17.7 Å². The summed E-state index contributed by atoms with van der Waals surface area (Å²) in [6.07, 6.45) is 1.53. The van der Waals surface area contributed by atoms with Crippen LogP contribution in [0.1, 0.15) is 24.4 Å². The fourth-order valence-electron chi connectivity index (χ4n) is 2.96. The number of thioether (sulfide) groups is 1. The highest BCUT2D eigenvalue weighted by Gasteiger charge is 2.35. The molecule has 4 rings (SSSR count). The van der Waals surface area contributed by atoms with Crippen LogP contribution in [0.3, 0.4) is 0 Å². The summed E-state index contributed by atoms with van der Waals surface area (Å²) in [7, 11) is 0. The van der Waals surface area contributed by atoms with Crippen molar-refractivity contribution >= 4 is 34.7 Å². The Morgan fingerprint density at radius 2 is 2.18 bits per heavy atom. The molecule has 0 N–H and O–H groups in total. The summed E-state index contributed by atoms with van der Waals surface area (Å²) in [5, 5.41) is 11.1. The lowest BCUT2D eigenvalue weighted by Gasteiger charge is -2.29. The van der Waals surface area contributed by atoms with E-state index in [1.807, 2.05) is 48.7 Å². The van der Waals surface area contributed by atoms with Gasteiger partial charge in [-0.05, 0) is 17.5 Å². The lowest BCUT2D eigenvalue weighted by Crippen LogP contribution is -2.36. The highest BCUT2D eigenvalue weighted by atomic mass is 32.2. The van der Waals surface area contributed by atoms with Crippen molar-refractivity contribution < 1.29 is 9.53 Å². The minimum absolute atomic E-state index is 0.0344. The number of carbonyl (C=O) groups excluding carboxylic acids is 1. The normalized spacial score (nSPS) is 15.2. The molecule has 0 saturated heterocycles. The first-order chi connectivity index (χ1) is 13.7. The topological polar surface area (TPSA) is 68.2 Å². The van der Waals surface area contributed by atoms with Crippen molar-refractivity contribution in [1.82, 2.24) is 15.2 Å². The van der Waals surface area contributed by atoms with E-state index in [4.69, 9.17) is 4.74 Å². The third-order valence-electron chi connectivity index (χ3n) is 4.20. The molecule has 0 bridgehead atoms. The van der Waals surface area contributed by atoms with E-state index in [2.05, 4.69) is 21.8 Å². The van der Waals surface area contributed by atoms with Crippen LogP contribution in [-0.4, -0.2) is 26.8 Å². The maximum absolute atomic E-state index is 12.9. The zero-order valence-corrected chi connectivity index (χ0v) is 16.9. The molecule has 0 aliphatic carbocycles. The van der Waals surface area contributed by atoms with Gasteiger partial charge in [0.2, 0.25) is 23.2 Å². The SMILES string of the molecule is C=CCSc1nnc2c(n1)O[C@H](c1cccs1)N(C(=O)CC)c1ccccc1-2. The molecule has 28 heavy (non-hydrogen) atoms. The maximum atomic E-state index is 12.9. The third-order valence-corrected chi connectivity index (χ3v) is 5.94. The molecule has 1 amide bonds. The van der Waals surface area contributed by atoms with Crippen molar-refractivity contribution in [1.29, 1.82) is 0 Å². The number of hydrogen-bond acceptors (Lipinski definition) is 7. The lowest BCUT2D eigenvalue weighted by atomic mass is 10.1. The molecule has 0 saturated carbocycles. The second kappa shape index (κ2) is 8.12. The molecule has 1 aromatic carbocycles. The summed E-state index contributed by atoms with van der Waals surface area (Å²) in [5.41, 5.74) is 2.05. The van der Waals surface area contributed by atoms with Crippen LogP contribution in [0.15, 0.2) is 59.6 Å². The molecule has 142 valence electrons. The summed E-state index contributed by atoms with van der Waals surface area (Å²) in [6, 6.07) is 11.5. The second-order valence-corrected chi connectivity index (χ2v) is 7.93. The Balaban J connectivity index is 1.90. The molecule has 2 aromatic heterocycles. The van der Waals surface area contributed by atoms with Gasteiger partial charge in [0.05, 0.1) is 10.6 Å². The minimum atomic E-state index is -0.608. The van der Waals surface area contributed by atoms with Gasteiger partial charge in [-0.3, -0.25) is 9.69 Å². The Labute approximate surface area is 171 Å². The van der Waals surface area contributed by atoms with E-state index in [9.17, 15) is 4.79 Å². The van der Waals surface area contributed by atoms with Gasteiger partial charge in [-0.1, -0.05) is 49.0 Å². The monoisotopic (exact) mass is 410 g/mol. The standard InChI is InChI=1S/C20H18N4O2S2/c1-3-11-28-20-21-18-17(22-23-20)13-8-5-6-9-14(13)24(16(25)4-2)19(26-18)15-10-7-12-27-15/h3,5-10,12,19H,1,4,11H2,2H3/t19-/m1/s1. The zero-order valence-electron chi connectivity index (χ0n) is 15.2. The average molecular weight is 411 g/mol. The molecule has 1 atom stereocenters. The number of anilines is 1. The summed E-state index contributed by atoms with van der Waals surface area (Å²) in [6.45, 7) is 5.57. The highest BCUT2D eigenvalue weighted by molar-refractivity contribution is 7.99. The molecule has 0 unspecified atom stereocenters. The van der Waals surface area contributed by atoms with Crippen molar-refractivity contribution in [2.45, 2.75) is 24.7 Å². The van der Waals surface area contributed by atoms with Crippen LogP contribution >= 0.6 is 23.1 Å². The van der Waals surface area contributed by atoms with E-state index < -0.39 is 6.23 Å². The Kier molecular flexibility index (Phi) is 5.40. The Hall–Kier alpha value is -2.71. The van der Waals surface area contributed by atoms with Crippen LogP contribution in [-0.2, 0) is 4.79 Å². The number of amides is 1. The Bertz CT molecular complexity index is 1010. The predicted octanol–water partition coefficient (Wildman–Crippen LogP) is 4.71. The fraction of sp³-hybridized carbons (Fsp3) is 0.200. The molecule has 6 nitrogen and oxygen atoms in total. The fourth-order valence-corrected chi connectivity index (χ4v) is 4.22. The number of benzene rings is 1.